The number of aromatic amines is 2. The number of nitrogens with one attached hydrogen (secondary N) is 3. The van der Waals surface area contributed by atoms with Crippen molar-refractivity contribution in [3.63, 3.8) is 0 Å². The van der Waals surface area contributed by atoms with E-state index in [1.165, 1.54) is 0 Å². The van der Waals surface area contributed by atoms with Gasteiger partial charge in [-0.2, -0.15) is 0 Å². The molecular formula is C40H51N9O5. The molecule has 0 spiro atoms. The van der Waals surface area contributed by atoms with Gasteiger partial charge in [-0.25, -0.2) is 14.8 Å². The monoisotopic (exact) mass is 737 g/mol. The minimum absolute atomic E-state index is 0.00910. The van der Waals surface area contributed by atoms with Crippen molar-refractivity contribution in [1.82, 2.24) is 40.0 Å². The van der Waals surface area contributed by atoms with Crippen LogP contribution < -0.4 is 11.1 Å². The number of carboxylic acid groups (broad SMARTS) is 1. The third kappa shape index (κ3) is 8.18. The van der Waals surface area contributed by atoms with Gasteiger partial charge in [0.05, 0.1) is 48.3 Å². The second kappa shape index (κ2) is 16.7. The second-order valence-electron chi connectivity index (χ2n) is 14.5. The Morgan fingerprint density at radius 3 is 1.65 bits per heavy atom. The van der Waals surface area contributed by atoms with Crippen LogP contribution in [0.4, 0.5) is 4.79 Å². The smallest absolute Gasteiger partial charge is 0.405 e. The number of aromatic nitrogens is 4. The van der Waals surface area contributed by atoms with Crippen molar-refractivity contribution in [2.45, 2.75) is 84.0 Å². The fraction of sp³-hybridized carbons (Fsp3) is 0.450. The predicted octanol–water partition coefficient (Wildman–Crippen LogP) is 5.34. The molecule has 0 radical (unpaired) electrons. The summed E-state index contributed by atoms with van der Waals surface area (Å²) in [6.07, 6.45) is 5.58. The normalized spacial score (nSPS) is 18.3. The van der Waals surface area contributed by atoms with Gasteiger partial charge in [0.1, 0.15) is 17.7 Å². The van der Waals surface area contributed by atoms with Crippen molar-refractivity contribution in [1.29, 1.82) is 0 Å². The van der Waals surface area contributed by atoms with Crippen molar-refractivity contribution < 1.29 is 24.3 Å². The van der Waals surface area contributed by atoms with Gasteiger partial charge in [-0.1, -0.05) is 76.2 Å². The van der Waals surface area contributed by atoms with Crippen LogP contribution in [0.25, 0.3) is 33.6 Å². The van der Waals surface area contributed by atoms with E-state index in [9.17, 15) is 24.3 Å². The maximum atomic E-state index is 13.7. The molecule has 2 saturated heterocycles. The molecule has 2 aliphatic heterocycles. The van der Waals surface area contributed by atoms with E-state index >= 15 is 0 Å². The van der Waals surface area contributed by atoms with Crippen LogP contribution in [-0.4, -0.2) is 102 Å². The molecule has 54 heavy (non-hydrogen) atoms. The summed E-state index contributed by atoms with van der Waals surface area (Å²) in [5, 5.41) is 11.7. The summed E-state index contributed by atoms with van der Waals surface area (Å²) in [6.45, 7) is 10.1. The van der Waals surface area contributed by atoms with E-state index in [1.54, 1.807) is 17.3 Å². The highest BCUT2D eigenvalue weighted by Crippen LogP contribution is 2.35. The summed E-state index contributed by atoms with van der Waals surface area (Å²) in [5.41, 5.74) is 11.3. The number of hydrogen-bond donors (Lipinski definition) is 5. The van der Waals surface area contributed by atoms with Crippen LogP contribution in [0.2, 0.25) is 0 Å². The molecule has 4 amide bonds. The Morgan fingerprint density at radius 1 is 0.796 bits per heavy atom. The number of likely N-dealkylation sites (tertiary alicyclic amines) is 2. The first-order chi connectivity index (χ1) is 26.0. The minimum atomic E-state index is -1.21. The molecule has 2 aliphatic rings. The van der Waals surface area contributed by atoms with Crippen LogP contribution in [0, 0.1) is 5.92 Å². The Bertz CT molecular complexity index is 1930. The molecule has 286 valence electrons. The number of amides is 4. The van der Waals surface area contributed by atoms with E-state index in [0.717, 1.165) is 65.1 Å². The van der Waals surface area contributed by atoms with Crippen molar-refractivity contribution in [2.75, 3.05) is 26.2 Å². The topological polar surface area (TPSA) is 194 Å². The van der Waals surface area contributed by atoms with E-state index < -0.39 is 24.1 Å². The number of nitrogens with zero attached hydrogens (tertiary/aromatic N) is 5. The highest BCUT2D eigenvalue weighted by atomic mass is 16.4. The summed E-state index contributed by atoms with van der Waals surface area (Å²) >= 11 is 0. The van der Waals surface area contributed by atoms with E-state index in [2.05, 4.69) is 49.5 Å². The molecule has 0 unspecified atom stereocenters. The Morgan fingerprint density at radius 2 is 1.24 bits per heavy atom. The third-order valence-corrected chi connectivity index (χ3v) is 10.8. The van der Waals surface area contributed by atoms with Crippen LogP contribution in [0.15, 0.2) is 60.9 Å². The number of benzene rings is 2. The Kier molecular flexibility index (Phi) is 11.8. The molecule has 14 nitrogen and oxygen atoms in total. The number of carbonyl (C=O) groups is 4. The van der Waals surface area contributed by atoms with E-state index in [4.69, 9.17) is 5.73 Å². The number of hydrogen-bond acceptors (Lipinski definition) is 7. The molecule has 2 aromatic carbocycles. The molecule has 6 rings (SSSR count). The molecule has 6 N–H and O–H groups in total. The second-order valence-corrected chi connectivity index (χ2v) is 14.5. The van der Waals surface area contributed by atoms with Crippen LogP contribution in [-0.2, 0) is 14.4 Å². The van der Waals surface area contributed by atoms with E-state index in [1.807, 2.05) is 61.8 Å². The lowest BCUT2D eigenvalue weighted by Gasteiger charge is -2.33. The molecule has 0 aliphatic carbocycles. The van der Waals surface area contributed by atoms with Gasteiger partial charge >= 0.3 is 6.09 Å². The first-order valence-electron chi connectivity index (χ1n) is 18.9. The summed E-state index contributed by atoms with van der Waals surface area (Å²) in [5.74, 6) is 0.438. The van der Waals surface area contributed by atoms with Gasteiger partial charge in [-0.3, -0.25) is 19.3 Å². The standard InChI is InChI=1S/C40H51N9O5/c1-5-47(6-2)33(21-34(41)50)38(51)48-19-7-9-31(48)36-42-22-29(44-36)27-15-11-25(12-16-27)26-13-17-28(18-14-26)30-23-43-37(45-30)32-10-8-20-49(32)39(52)35(24(3)4)46-40(53)54/h11-18,22-24,31-33,35,46H,5-10,19-21H2,1-4H3,(H2,41,50)(H,42,44)(H,43,45)(H,53,54)/t31-,32-,33+,35-/m0/s1. The average Bonchev–Trinajstić information content (AvgIpc) is 4.00. The molecule has 14 heteroatoms. The van der Waals surface area contributed by atoms with Crippen molar-refractivity contribution >= 4 is 23.8 Å². The molecule has 0 bridgehead atoms. The Hall–Kier alpha value is -5.50. The first kappa shape index (κ1) is 38.2. The van der Waals surface area contributed by atoms with Crippen LogP contribution in [0.3, 0.4) is 0 Å². The summed E-state index contributed by atoms with van der Waals surface area (Å²) in [6, 6.07) is 14.6. The summed E-state index contributed by atoms with van der Waals surface area (Å²) < 4.78 is 0. The average molecular weight is 738 g/mol. The van der Waals surface area contributed by atoms with E-state index in [-0.39, 0.29) is 36.2 Å². The number of rotatable bonds is 14. The number of imidazole rings is 2. The van der Waals surface area contributed by atoms with Gasteiger partial charge < -0.3 is 35.9 Å². The van der Waals surface area contributed by atoms with Crippen LogP contribution >= 0.6 is 0 Å². The molecular weight excluding hydrogens is 686 g/mol. The fourth-order valence-corrected chi connectivity index (χ4v) is 7.86. The number of carbonyl (C=O) groups excluding carboxylic acids is 3. The van der Waals surface area contributed by atoms with Gasteiger partial charge in [0.25, 0.3) is 0 Å². The third-order valence-electron chi connectivity index (χ3n) is 10.8. The lowest BCUT2D eigenvalue weighted by Crippen LogP contribution is -2.50. The van der Waals surface area contributed by atoms with Crippen LogP contribution in [0.1, 0.15) is 83.5 Å². The molecule has 2 aromatic heterocycles. The minimum Gasteiger partial charge on any atom is -0.465 e. The predicted molar refractivity (Wildman–Crippen MR) is 205 cm³/mol. The van der Waals surface area contributed by atoms with Gasteiger partial charge in [0.15, 0.2) is 0 Å². The number of nitrogens with two attached hydrogens (primary N) is 1. The Labute approximate surface area is 315 Å². The molecule has 4 atom stereocenters. The largest absolute Gasteiger partial charge is 0.465 e. The lowest BCUT2D eigenvalue weighted by molar-refractivity contribution is -0.140. The molecule has 4 aromatic rings. The zero-order valence-electron chi connectivity index (χ0n) is 31.4. The maximum Gasteiger partial charge on any atom is 0.405 e. The summed E-state index contributed by atoms with van der Waals surface area (Å²) in [7, 11) is 0. The molecule has 2 fully saturated rings. The molecule has 0 saturated carbocycles. The first-order valence-corrected chi connectivity index (χ1v) is 18.9. The van der Waals surface area contributed by atoms with Gasteiger partial charge in [0.2, 0.25) is 17.7 Å². The van der Waals surface area contributed by atoms with Gasteiger partial charge in [0, 0.05) is 13.1 Å². The van der Waals surface area contributed by atoms with Gasteiger partial charge in [-0.05, 0) is 66.9 Å². The molecule has 4 heterocycles. The SMILES string of the molecule is CCN(CC)[C@H](CC(N)=O)C(=O)N1CCC[C@H]1c1ncc(-c2ccc(-c3ccc(-c4cnc([C@@H]5CCCN5C(=O)[C@@H](NC(=O)O)C(C)C)[nH]4)cc3)cc2)[nH]1. The highest BCUT2D eigenvalue weighted by Gasteiger charge is 2.39. The fourth-order valence-electron chi connectivity index (χ4n) is 7.86. The van der Waals surface area contributed by atoms with Crippen LogP contribution in [0.5, 0.6) is 0 Å². The highest BCUT2D eigenvalue weighted by molar-refractivity contribution is 5.88. The number of primary amides is 1. The number of H-pyrrole nitrogens is 2. The van der Waals surface area contributed by atoms with Crippen molar-refractivity contribution in [2.24, 2.45) is 11.7 Å². The van der Waals surface area contributed by atoms with Crippen molar-refractivity contribution in [3.05, 3.63) is 72.6 Å². The van der Waals surface area contributed by atoms with Gasteiger partial charge in [-0.15, -0.1) is 0 Å². The zero-order valence-corrected chi connectivity index (χ0v) is 31.4. The van der Waals surface area contributed by atoms with Crippen molar-refractivity contribution in [3.8, 4) is 33.6 Å². The maximum absolute atomic E-state index is 13.7. The summed E-state index contributed by atoms with van der Waals surface area (Å²) in [4.78, 5) is 72.1. The quantitative estimate of drug-likeness (QED) is 0.114. The number of likely N-dealkylation sites (N-methyl/N-ethyl adjacent to an activating group) is 1. The lowest BCUT2D eigenvalue weighted by atomic mass is 10.0. The Balaban J connectivity index is 1.11. The van der Waals surface area contributed by atoms with E-state index in [0.29, 0.717) is 32.0 Å². The zero-order chi connectivity index (χ0) is 38.5.